The first-order chi connectivity index (χ1) is 18.4. The molecule has 3 aromatic rings. The highest BCUT2D eigenvalue weighted by Gasteiger charge is 2.07. The van der Waals surface area contributed by atoms with Crippen molar-refractivity contribution in [1.29, 1.82) is 0 Å². The zero-order chi connectivity index (χ0) is 27.8. The number of hydrogen-bond acceptors (Lipinski definition) is 6. The van der Waals surface area contributed by atoms with E-state index in [4.69, 9.17) is 25.9 Å². The number of hydrogen-bond donors (Lipinski definition) is 3. The highest BCUT2D eigenvalue weighted by atomic mass is 79.9. The van der Waals surface area contributed by atoms with Gasteiger partial charge in [0.1, 0.15) is 5.76 Å². The summed E-state index contributed by atoms with van der Waals surface area (Å²) in [5.41, 5.74) is 18.1. The molecule has 6 nitrogen and oxygen atoms in total. The molecule has 1 heterocycles. The molecule has 38 heavy (non-hydrogen) atoms. The van der Waals surface area contributed by atoms with Crippen molar-refractivity contribution in [2.24, 2.45) is 15.7 Å². The molecule has 0 amide bonds. The lowest BCUT2D eigenvalue weighted by Crippen LogP contribution is -2.04. The smallest absolute Gasteiger partial charge is 0.126 e. The fraction of sp³-hybridized carbons (Fsp3) is 0.161. The molecule has 1 aromatic heterocycles. The number of nitrogens with one attached hydrogen (secondary N) is 1. The van der Waals surface area contributed by atoms with Crippen LogP contribution in [0.5, 0.6) is 0 Å². The lowest BCUT2D eigenvalue weighted by Gasteiger charge is -2.08. The number of para-hydroxylation sites is 1. The highest BCUT2D eigenvalue weighted by molar-refractivity contribution is 9.12. The zero-order valence-corrected chi connectivity index (χ0v) is 23.8. The summed E-state index contributed by atoms with van der Waals surface area (Å²) in [5.74, 6) is 0.856. The first-order valence-corrected chi connectivity index (χ1v) is 12.9. The van der Waals surface area contributed by atoms with E-state index < -0.39 is 0 Å². The van der Waals surface area contributed by atoms with Crippen LogP contribution in [0.3, 0.4) is 0 Å². The second kappa shape index (κ2) is 16.7. The Hall–Kier alpha value is -3.94. The van der Waals surface area contributed by atoms with Crippen molar-refractivity contribution in [3.8, 4) is 0 Å². The van der Waals surface area contributed by atoms with Crippen LogP contribution < -0.4 is 16.8 Å². The summed E-state index contributed by atoms with van der Waals surface area (Å²) >= 11 is 3.42. The van der Waals surface area contributed by atoms with Crippen molar-refractivity contribution >= 4 is 44.8 Å². The van der Waals surface area contributed by atoms with Crippen molar-refractivity contribution in [2.75, 3.05) is 12.8 Å². The van der Waals surface area contributed by atoms with E-state index in [-0.39, 0.29) is 0 Å². The molecule has 0 aliphatic heterocycles. The minimum atomic E-state index is 0.606. The quantitative estimate of drug-likeness (QED) is 0.136. The van der Waals surface area contributed by atoms with Crippen LogP contribution in [-0.2, 0) is 13.1 Å². The minimum Gasteiger partial charge on any atom is -0.465 e. The molecule has 0 unspecified atom stereocenters. The maximum atomic E-state index is 6.18. The molecule has 0 atom stereocenters. The van der Waals surface area contributed by atoms with Crippen LogP contribution >= 0.6 is 15.9 Å². The topological polar surface area (TPSA) is 102 Å². The fourth-order valence-corrected chi connectivity index (χ4v) is 3.32. The number of allylic oxidation sites excluding steroid dienone is 4. The molecule has 5 N–H and O–H groups in total. The van der Waals surface area contributed by atoms with Crippen molar-refractivity contribution in [1.82, 2.24) is 5.32 Å². The Morgan fingerprint density at radius 1 is 1.05 bits per heavy atom. The maximum Gasteiger partial charge on any atom is 0.126 e. The van der Waals surface area contributed by atoms with Crippen LogP contribution in [0.15, 0.2) is 117 Å². The summed E-state index contributed by atoms with van der Waals surface area (Å²) in [6.07, 6.45) is 10.5. The van der Waals surface area contributed by atoms with E-state index in [9.17, 15) is 0 Å². The Kier molecular flexibility index (Phi) is 13.3. The summed E-state index contributed by atoms with van der Waals surface area (Å²) in [7, 11) is 1.94. The molecule has 7 heteroatoms. The van der Waals surface area contributed by atoms with E-state index in [1.165, 1.54) is 11.8 Å². The Morgan fingerprint density at radius 2 is 1.76 bits per heavy atom. The molecular formula is C31H36BrN5O. The summed E-state index contributed by atoms with van der Waals surface area (Å²) in [4.78, 5) is 9.42. The summed E-state index contributed by atoms with van der Waals surface area (Å²) in [5, 5.41) is 3.15. The largest absolute Gasteiger partial charge is 0.465 e. The molecular weight excluding hydrogens is 538 g/mol. The lowest BCUT2D eigenvalue weighted by atomic mass is 10.1. The normalized spacial score (nSPS) is 12.8. The van der Waals surface area contributed by atoms with E-state index in [1.807, 2.05) is 75.5 Å². The van der Waals surface area contributed by atoms with Crippen LogP contribution in [-0.4, -0.2) is 18.5 Å². The monoisotopic (exact) mass is 573 g/mol. The Bertz CT molecular complexity index is 1300. The number of aliphatic imine (C=N–C) groups is 2. The van der Waals surface area contributed by atoms with Crippen molar-refractivity contribution < 1.29 is 4.42 Å². The number of anilines is 1. The third kappa shape index (κ3) is 10.6. The van der Waals surface area contributed by atoms with Gasteiger partial charge in [0.2, 0.25) is 0 Å². The van der Waals surface area contributed by atoms with Crippen LogP contribution in [0, 0.1) is 0 Å². The molecule has 0 aliphatic rings. The van der Waals surface area contributed by atoms with Crippen LogP contribution in [0.25, 0.3) is 11.8 Å². The Labute approximate surface area is 234 Å². The number of furan rings is 1. The second-order valence-electron chi connectivity index (χ2n) is 8.24. The number of rotatable bonds is 10. The standard InChI is InChI=1S/C23H28BrN5.C8H8O/c1-16(28-15-19-10-8-18(9-11-19)14-27-3)12-23(29-17(2)21(24)13-25)20-6-4-5-7-22(20)26;1-2-3-5-8-6-4-7-9-8/h4-13,27H,14-15,25-26H2,1-3H3;2-7H,1H2/b21-13+,23-12-,28-16?,29-17-;5-3+. The van der Waals surface area contributed by atoms with Gasteiger partial charge in [0.05, 0.1) is 28.7 Å². The molecule has 0 saturated heterocycles. The van der Waals surface area contributed by atoms with E-state index >= 15 is 0 Å². The van der Waals surface area contributed by atoms with Gasteiger partial charge in [0, 0.05) is 29.7 Å². The second-order valence-corrected chi connectivity index (χ2v) is 9.10. The molecule has 0 saturated carbocycles. The molecule has 0 aliphatic carbocycles. The molecule has 0 bridgehead atoms. The first-order valence-electron chi connectivity index (χ1n) is 12.1. The van der Waals surface area contributed by atoms with Gasteiger partial charge >= 0.3 is 0 Å². The molecule has 0 fully saturated rings. The average Bonchev–Trinajstić information content (AvgIpc) is 3.45. The summed E-state index contributed by atoms with van der Waals surface area (Å²) < 4.78 is 5.73. The van der Waals surface area contributed by atoms with E-state index in [2.05, 4.69) is 52.1 Å². The third-order valence-electron chi connectivity index (χ3n) is 5.22. The van der Waals surface area contributed by atoms with E-state index in [1.54, 1.807) is 12.3 Å². The van der Waals surface area contributed by atoms with Gasteiger partial charge in [0.15, 0.2) is 0 Å². The number of nitrogens with zero attached hydrogens (tertiary/aromatic N) is 2. The average molecular weight is 575 g/mol. The predicted molar refractivity (Wildman–Crippen MR) is 167 cm³/mol. The highest BCUT2D eigenvalue weighted by Crippen LogP contribution is 2.24. The number of benzene rings is 2. The predicted octanol–water partition coefficient (Wildman–Crippen LogP) is 7.12. The van der Waals surface area contributed by atoms with Gasteiger partial charge in [-0.1, -0.05) is 61.2 Å². The van der Waals surface area contributed by atoms with Gasteiger partial charge in [-0.2, -0.15) is 0 Å². The SMILES string of the molecule is C=C/C=C/c1ccco1.CNCc1ccc(CN=C(C)\C=C(/N=C(C)\C(Br)=C/N)c2ccccc2N)cc1. The molecule has 198 valence electrons. The van der Waals surface area contributed by atoms with E-state index in [0.29, 0.717) is 12.2 Å². The van der Waals surface area contributed by atoms with Crippen LogP contribution in [0.1, 0.15) is 36.3 Å². The van der Waals surface area contributed by atoms with Gasteiger partial charge in [0.25, 0.3) is 0 Å². The maximum absolute atomic E-state index is 6.18. The third-order valence-corrected chi connectivity index (χ3v) is 6.06. The Morgan fingerprint density at radius 3 is 2.37 bits per heavy atom. The minimum absolute atomic E-state index is 0.606. The molecule has 0 spiro atoms. The van der Waals surface area contributed by atoms with Gasteiger partial charge in [-0.15, -0.1) is 0 Å². The van der Waals surface area contributed by atoms with Crippen molar-refractivity contribution in [3.05, 3.63) is 125 Å². The Balaban J connectivity index is 0.000000474. The lowest BCUT2D eigenvalue weighted by molar-refractivity contribution is 0.557. The van der Waals surface area contributed by atoms with Gasteiger partial charge in [-0.3, -0.25) is 9.98 Å². The van der Waals surface area contributed by atoms with Crippen LogP contribution in [0.4, 0.5) is 5.69 Å². The number of halogens is 1. The van der Waals surface area contributed by atoms with Gasteiger partial charge in [-0.25, -0.2) is 0 Å². The number of nitrogens with two attached hydrogens (primary N) is 2. The van der Waals surface area contributed by atoms with Gasteiger partial charge in [-0.05, 0) is 78.3 Å². The molecule has 0 radical (unpaired) electrons. The molecule has 2 aromatic carbocycles. The fourth-order valence-electron chi connectivity index (χ4n) is 3.23. The van der Waals surface area contributed by atoms with E-state index in [0.717, 1.165) is 45.0 Å². The summed E-state index contributed by atoms with van der Waals surface area (Å²) in [6, 6.07) is 19.8. The van der Waals surface area contributed by atoms with Crippen molar-refractivity contribution in [2.45, 2.75) is 26.9 Å². The molecule has 3 rings (SSSR count). The van der Waals surface area contributed by atoms with Crippen molar-refractivity contribution in [3.63, 3.8) is 0 Å². The summed E-state index contributed by atoms with van der Waals surface area (Å²) in [6.45, 7) is 8.85. The first kappa shape index (κ1) is 30.3. The number of nitrogen functional groups attached to an aromatic ring is 1. The zero-order valence-electron chi connectivity index (χ0n) is 22.2. The van der Waals surface area contributed by atoms with Gasteiger partial charge < -0.3 is 21.2 Å². The van der Waals surface area contributed by atoms with Crippen LogP contribution in [0.2, 0.25) is 0 Å².